The van der Waals surface area contributed by atoms with E-state index in [1.807, 2.05) is 60.1 Å². The Morgan fingerprint density at radius 3 is 2.66 bits per heavy atom. The molecule has 2 aromatic carbocycles. The molecule has 8 heteroatoms. The molecule has 0 aliphatic heterocycles. The topological polar surface area (TPSA) is 69.0 Å². The van der Waals surface area contributed by atoms with E-state index in [-0.39, 0.29) is 12.5 Å². The molecular formula is C21H21ClN4O2S. The first-order valence-electron chi connectivity index (χ1n) is 9.39. The van der Waals surface area contributed by atoms with E-state index in [9.17, 15) is 4.79 Å². The molecule has 6 nitrogen and oxygen atoms in total. The van der Waals surface area contributed by atoms with Crippen molar-refractivity contribution in [2.24, 2.45) is 7.05 Å². The molecule has 1 saturated carbocycles. The van der Waals surface area contributed by atoms with Crippen molar-refractivity contribution >= 4 is 29.3 Å². The third-order valence-corrected chi connectivity index (χ3v) is 6.21. The van der Waals surface area contributed by atoms with Crippen LogP contribution in [0, 0.1) is 0 Å². The van der Waals surface area contributed by atoms with E-state index in [0.29, 0.717) is 27.8 Å². The molecule has 1 atom stereocenters. The fraction of sp³-hybridized carbons (Fsp3) is 0.286. The molecule has 1 unspecified atom stereocenters. The predicted octanol–water partition coefficient (Wildman–Crippen LogP) is 4.16. The lowest BCUT2D eigenvalue weighted by Gasteiger charge is -2.16. The zero-order chi connectivity index (χ0) is 20.2. The smallest absolute Gasteiger partial charge is 0.238 e. The van der Waals surface area contributed by atoms with Gasteiger partial charge in [-0.25, -0.2) is 0 Å². The lowest BCUT2D eigenvalue weighted by atomic mass is 10.1. The summed E-state index contributed by atoms with van der Waals surface area (Å²) in [6, 6.07) is 17.3. The molecule has 1 fully saturated rings. The summed E-state index contributed by atoms with van der Waals surface area (Å²) in [6.45, 7) is 0.234. The van der Waals surface area contributed by atoms with Gasteiger partial charge in [-0.1, -0.05) is 65.8 Å². The van der Waals surface area contributed by atoms with Crippen LogP contribution in [-0.2, 0) is 18.4 Å². The van der Waals surface area contributed by atoms with E-state index in [2.05, 4.69) is 15.5 Å². The summed E-state index contributed by atoms with van der Waals surface area (Å²) in [5.41, 5.74) is 0.938. The second-order valence-corrected chi connectivity index (χ2v) is 8.35. The van der Waals surface area contributed by atoms with Gasteiger partial charge in [0.1, 0.15) is 17.6 Å². The van der Waals surface area contributed by atoms with E-state index in [1.165, 1.54) is 11.8 Å². The molecule has 0 bridgehead atoms. The van der Waals surface area contributed by atoms with Crippen molar-refractivity contribution in [2.75, 3.05) is 0 Å². The molecule has 29 heavy (non-hydrogen) atoms. The second-order valence-electron chi connectivity index (χ2n) is 6.87. The van der Waals surface area contributed by atoms with Crippen LogP contribution >= 0.6 is 23.4 Å². The number of hydrogen-bond donors (Lipinski definition) is 1. The highest BCUT2D eigenvalue weighted by atomic mass is 35.5. The molecule has 1 aromatic heterocycles. The molecule has 1 N–H and O–H groups in total. The van der Waals surface area contributed by atoms with Crippen molar-refractivity contribution in [1.82, 2.24) is 20.1 Å². The van der Waals surface area contributed by atoms with Gasteiger partial charge in [-0.2, -0.15) is 0 Å². The van der Waals surface area contributed by atoms with Crippen molar-refractivity contribution < 1.29 is 9.53 Å². The Hall–Kier alpha value is -2.51. The number of nitrogens with zero attached hydrogens (tertiary/aromatic N) is 3. The molecule has 1 heterocycles. The highest BCUT2D eigenvalue weighted by molar-refractivity contribution is 8.00. The Kier molecular flexibility index (Phi) is 6.06. The zero-order valence-corrected chi connectivity index (χ0v) is 17.5. The van der Waals surface area contributed by atoms with Crippen LogP contribution in [0.5, 0.6) is 5.75 Å². The fourth-order valence-corrected chi connectivity index (χ4v) is 4.01. The van der Waals surface area contributed by atoms with Gasteiger partial charge in [0.2, 0.25) is 5.91 Å². The number of amides is 1. The minimum Gasteiger partial charge on any atom is -0.484 e. The van der Waals surface area contributed by atoms with Crippen LogP contribution in [0.4, 0.5) is 0 Å². The number of aromatic nitrogens is 3. The summed E-state index contributed by atoms with van der Waals surface area (Å²) in [6.07, 6.45) is 2.09. The Bertz CT molecular complexity index is 991. The molecule has 0 saturated heterocycles. The minimum atomic E-state index is -0.392. The normalized spacial score (nSPS) is 14.4. The molecule has 0 radical (unpaired) electrons. The Balaban J connectivity index is 1.49. The minimum absolute atomic E-state index is 0.000525. The molecule has 0 spiro atoms. The number of thioether (sulfide) groups is 1. The summed E-state index contributed by atoms with van der Waals surface area (Å²) < 4.78 is 7.62. The number of rotatable bonds is 8. The third kappa shape index (κ3) is 4.92. The van der Waals surface area contributed by atoms with E-state index in [0.717, 1.165) is 18.4 Å². The second kappa shape index (κ2) is 8.88. The number of hydrogen-bond acceptors (Lipinski definition) is 5. The van der Waals surface area contributed by atoms with Gasteiger partial charge in [0, 0.05) is 13.1 Å². The quantitative estimate of drug-likeness (QED) is 0.545. The van der Waals surface area contributed by atoms with Crippen LogP contribution in [0.3, 0.4) is 0 Å². The van der Waals surface area contributed by atoms with Gasteiger partial charge in [-0.05, 0) is 30.5 Å². The van der Waals surface area contributed by atoms with Gasteiger partial charge in [0.25, 0.3) is 0 Å². The first-order valence-corrected chi connectivity index (χ1v) is 10.6. The molecule has 150 valence electrons. The fourth-order valence-electron chi connectivity index (χ4n) is 2.79. The number of carbonyl (C=O) groups is 1. The van der Waals surface area contributed by atoms with Gasteiger partial charge >= 0.3 is 0 Å². The largest absolute Gasteiger partial charge is 0.484 e. The molecule has 1 amide bonds. The average molecular weight is 429 g/mol. The lowest BCUT2D eigenvalue weighted by Crippen LogP contribution is -2.29. The summed E-state index contributed by atoms with van der Waals surface area (Å²) in [7, 11) is 1.87. The number of carbonyl (C=O) groups excluding carboxylic acids is 1. The number of benzene rings is 2. The number of para-hydroxylation sites is 1. The van der Waals surface area contributed by atoms with Crippen LogP contribution in [0.15, 0.2) is 59.8 Å². The lowest BCUT2D eigenvalue weighted by molar-refractivity contribution is -0.120. The molecule has 4 rings (SSSR count). The van der Waals surface area contributed by atoms with Crippen molar-refractivity contribution in [3.63, 3.8) is 0 Å². The van der Waals surface area contributed by atoms with Crippen LogP contribution < -0.4 is 10.1 Å². The highest BCUT2D eigenvalue weighted by Crippen LogP contribution is 2.35. The van der Waals surface area contributed by atoms with Gasteiger partial charge in [-0.3, -0.25) is 4.79 Å². The van der Waals surface area contributed by atoms with Crippen LogP contribution in [0.2, 0.25) is 5.02 Å². The van der Waals surface area contributed by atoms with Crippen molar-refractivity contribution in [1.29, 1.82) is 0 Å². The van der Waals surface area contributed by atoms with Crippen LogP contribution in [0.25, 0.3) is 0 Å². The maximum absolute atomic E-state index is 12.8. The Morgan fingerprint density at radius 2 is 1.93 bits per heavy atom. The van der Waals surface area contributed by atoms with Gasteiger partial charge in [0.15, 0.2) is 11.0 Å². The summed E-state index contributed by atoms with van der Waals surface area (Å²) in [5.74, 6) is 1.25. The zero-order valence-electron chi connectivity index (χ0n) is 15.9. The summed E-state index contributed by atoms with van der Waals surface area (Å²) in [4.78, 5) is 12.8. The highest BCUT2D eigenvalue weighted by Gasteiger charge is 2.30. The average Bonchev–Trinajstić information content (AvgIpc) is 3.48. The van der Waals surface area contributed by atoms with Gasteiger partial charge < -0.3 is 14.6 Å². The maximum Gasteiger partial charge on any atom is 0.238 e. The van der Waals surface area contributed by atoms with E-state index in [1.54, 1.807) is 6.07 Å². The van der Waals surface area contributed by atoms with E-state index < -0.39 is 5.25 Å². The number of ether oxygens (including phenoxy) is 1. The standard InChI is InChI=1S/C21H21ClN4O2S/c1-26-18(13-28-17-10-6-5-9-16(17)22)24-25-21(26)29-19(14-7-3-2-4-8-14)20(27)23-15-11-12-15/h2-10,15,19H,11-13H2,1H3,(H,23,27). The summed E-state index contributed by atoms with van der Waals surface area (Å²) >= 11 is 7.52. The monoisotopic (exact) mass is 428 g/mol. The van der Waals surface area contributed by atoms with Crippen LogP contribution in [0.1, 0.15) is 29.5 Å². The van der Waals surface area contributed by atoms with E-state index >= 15 is 0 Å². The Morgan fingerprint density at radius 1 is 1.21 bits per heavy atom. The Labute approximate surface area is 178 Å². The van der Waals surface area contributed by atoms with Crippen molar-refractivity contribution in [3.8, 4) is 5.75 Å². The number of halogens is 1. The van der Waals surface area contributed by atoms with Crippen molar-refractivity contribution in [3.05, 3.63) is 71.0 Å². The molecule has 3 aromatic rings. The number of nitrogens with one attached hydrogen (secondary N) is 1. The summed E-state index contributed by atoms with van der Waals surface area (Å²) in [5, 5.41) is 12.4. The predicted molar refractivity (Wildman–Crippen MR) is 113 cm³/mol. The molecule has 1 aliphatic rings. The SMILES string of the molecule is Cn1c(COc2ccccc2Cl)nnc1SC(C(=O)NC1CC1)c1ccccc1. The van der Waals surface area contributed by atoms with Crippen molar-refractivity contribution in [2.45, 2.75) is 35.9 Å². The molecule has 1 aliphatic carbocycles. The first kappa shape index (κ1) is 19.8. The maximum atomic E-state index is 12.8. The molecular weight excluding hydrogens is 408 g/mol. The van der Waals surface area contributed by atoms with Crippen LogP contribution in [-0.4, -0.2) is 26.7 Å². The van der Waals surface area contributed by atoms with Gasteiger partial charge in [-0.15, -0.1) is 10.2 Å². The van der Waals surface area contributed by atoms with E-state index in [4.69, 9.17) is 16.3 Å². The first-order chi connectivity index (χ1) is 14.1. The van der Waals surface area contributed by atoms with Gasteiger partial charge in [0.05, 0.1) is 5.02 Å². The third-order valence-electron chi connectivity index (χ3n) is 4.61.